The number of rotatable bonds is 2. The monoisotopic (exact) mass is 405 g/mol. The summed E-state index contributed by atoms with van der Waals surface area (Å²) in [7, 11) is 0. The molecule has 0 amide bonds. The van der Waals surface area contributed by atoms with Gasteiger partial charge in [0.15, 0.2) is 0 Å². The number of nitrogens with zero attached hydrogens (tertiary/aromatic N) is 4. The Morgan fingerprint density at radius 1 is 1.27 bits per heavy atom. The van der Waals surface area contributed by atoms with E-state index in [4.69, 9.17) is 28.3 Å². The Morgan fingerprint density at radius 3 is 2.96 bits per heavy atom. The number of benzene rings is 1. The lowest BCUT2D eigenvalue weighted by atomic mass is 10.1. The Labute approximate surface area is 163 Å². The van der Waals surface area contributed by atoms with E-state index in [9.17, 15) is 5.11 Å². The van der Waals surface area contributed by atoms with Gasteiger partial charge in [-0.1, -0.05) is 29.3 Å². The number of phenols is 1. The predicted octanol–water partition coefficient (Wildman–Crippen LogP) is 4.27. The van der Waals surface area contributed by atoms with Gasteiger partial charge in [0, 0.05) is 23.2 Å². The van der Waals surface area contributed by atoms with E-state index in [1.165, 1.54) is 6.07 Å². The van der Waals surface area contributed by atoms with Crippen LogP contribution >= 0.6 is 34.5 Å². The molecule has 6 nitrogen and oxygen atoms in total. The molecular formula is C17H13Cl2N5OS. The molecule has 0 saturated heterocycles. The number of aromatic hydroxyl groups is 1. The Kier molecular flexibility index (Phi) is 3.63. The number of halogens is 2. The molecule has 2 aliphatic heterocycles. The van der Waals surface area contributed by atoms with Crippen LogP contribution in [0.5, 0.6) is 5.75 Å². The van der Waals surface area contributed by atoms with Gasteiger partial charge in [-0.15, -0.1) is 11.3 Å². The van der Waals surface area contributed by atoms with Gasteiger partial charge in [0.25, 0.3) is 0 Å². The van der Waals surface area contributed by atoms with Crippen LogP contribution in [0.4, 0.5) is 5.82 Å². The van der Waals surface area contributed by atoms with Crippen molar-refractivity contribution < 1.29 is 5.11 Å². The largest absolute Gasteiger partial charge is 0.506 e. The Morgan fingerprint density at radius 2 is 2.15 bits per heavy atom. The van der Waals surface area contributed by atoms with E-state index in [-0.39, 0.29) is 16.9 Å². The second kappa shape index (κ2) is 5.90. The number of thiophene rings is 1. The maximum absolute atomic E-state index is 10.5. The molecule has 0 bridgehead atoms. The summed E-state index contributed by atoms with van der Waals surface area (Å²) >= 11 is 13.9. The maximum Gasteiger partial charge on any atom is 0.225 e. The van der Waals surface area contributed by atoms with Gasteiger partial charge in [-0.05, 0) is 23.6 Å². The molecule has 3 aromatic rings. The fourth-order valence-electron chi connectivity index (χ4n) is 3.32. The molecule has 0 aliphatic carbocycles. The smallest absolute Gasteiger partial charge is 0.225 e. The number of nitrogens with one attached hydrogen (secondary N) is 1. The van der Waals surface area contributed by atoms with Crippen LogP contribution in [0.25, 0.3) is 10.6 Å². The highest BCUT2D eigenvalue weighted by atomic mass is 35.5. The van der Waals surface area contributed by atoms with Crippen molar-refractivity contribution in [2.45, 2.75) is 6.17 Å². The third-order valence-electron chi connectivity index (χ3n) is 4.47. The number of anilines is 1. The molecule has 132 valence electrons. The number of aromatic nitrogens is 2. The third-order valence-corrected chi connectivity index (χ3v) is 5.87. The zero-order chi connectivity index (χ0) is 17.8. The Balaban J connectivity index is 1.63. The number of hydrogen-bond acceptors (Lipinski definition) is 6. The number of hydrogen-bond donors (Lipinski definition) is 2. The van der Waals surface area contributed by atoms with Crippen molar-refractivity contribution in [3.8, 4) is 16.3 Å². The van der Waals surface area contributed by atoms with Gasteiger partial charge in [0.2, 0.25) is 5.96 Å². The normalized spacial score (nSPS) is 18.3. The fourth-order valence-corrected chi connectivity index (χ4v) is 4.51. The van der Waals surface area contributed by atoms with E-state index in [2.05, 4.69) is 15.2 Å². The lowest BCUT2D eigenvalue weighted by Crippen LogP contribution is -2.45. The van der Waals surface area contributed by atoms with E-state index in [1.54, 1.807) is 17.4 Å². The maximum atomic E-state index is 10.5. The first-order valence-electron chi connectivity index (χ1n) is 8.01. The minimum Gasteiger partial charge on any atom is -0.506 e. The fraction of sp³-hybridized carbons (Fsp3) is 0.176. The van der Waals surface area contributed by atoms with E-state index in [0.717, 1.165) is 22.3 Å². The summed E-state index contributed by atoms with van der Waals surface area (Å²) in [4.78, 5) is 7.75. The van der Waals surface area contributed by atoms with Crippen molar-refractivity contribution in [1.29, 1.82) is 0 Å². The van der Waals surface area contributed by atoms with E-state index in [1.807, 2.05) is 28.3 Å². The molecule has 1 atom stereocenters. The quantitative estimate of drug-likeness (QED) is 0.667. The van der Waals surface area contributed by atoms with Crippen molar-refractivity contribution in [3.63, 3.8) is 0 Å². The van der Waals surface area contributed by atoms with Gasteiger partial charge in [0.1, 0.15) is 23.4 Å². The minimum atomic E-state index is -0.326. The average Bonchev–Trinajstić information content (AvgIpc) is 3.36. The predicted molar refractivity (Wildman–Crippen MR) is 104 cm³/mol. The molecular weight excluding hydrogens is 393 g/mol. The summed E-state index contributed by atoms with van der Waals surface area (Å²) in [5.41, 5.74) is 1.49. The molecule has 0 unspecified atom stereocenters. The highest BCUT2D eigenvalue weighted by Gasteiger charge is 2.36. The topological polar surface area (TPSA) is 65.7 Å². The van der Waals surface area contributed by atoms with Crippen LogP contribution in [-0.4, -0.2) is 38.8 Å². The third kappa shape index (κ3) is 2.39. The summed E-state index contributed by atoms with van der Waals surface area (Å²) in [6.45, 7) is 1.38. The van der Waals surface area contributed by atoms with Gasteiger partial charge < -0.3 is 15.3 Å². The van der Waals surface area contributed by atoms with Crippen molar-refractivity contribution >= 4 is 46.3 Å². The summed E-state index contributed by atoms with van der Waals surface area (Å²) in [6.07, 6.45) is -0.326. The highest BCUT2D eigenvalue weighted by Crippen LogP contribution is 2.41. The van der Waals surface area contributed by atoms with Crippen molar-refractivity contribution in [3.05, 3.63) is 51.3 Å². The Bertz CT molecular complexity index is 1030. The molecule has 26 heavy (non-hydrogen) atoms. The lowest BCUT2D eigenvalue weighted by molar-refractivity contribution is 0.338. The first-order chi connectivity index (χ1) is 12.6. The summed E-state index contributed by atoms with van der Waals surface area (Å²) in [5, 5.41) is 21.3. The van der Waals surface area contributed by atoms with Crippen LogP contribution in [0.3, 0.4) is 0 Å². The molecule has 2 N–H and O–H groups in total. The molecule has 5 rings (SSSR count). The van der Waals surface area contributed by atoms with Gasteiger partial charge >= 0.3 is 0 Å². The standard InChI is InChI=1S/C17H13Cl2N5OS/c18-9-6-10(15(25)11(19)7-9)16-21-14-8-12(13-2-1-5-26-13)22-24(14)17-20-3-4-23(16)17/h1-2,5-8,16,21,25H,3-4H2/t16-/m1/s1. The van der Waals surface area contributed by atoms with E-state index >= 15 is 0 Å². The molecule has 0 fully saturated rings. The first-order valence-corrected chi connectivity index (χ1v) is 9.65. The first kappa shape index (κ1) is 16.0. The second-order valence-electron chi connectivity index (χ2n) is 6.05. The summed E-state index contributed by atoms with van der Waals surface area (Å²) in [6, 6.07) is 9.28. The van der Waals surface area contributed by atoms with Crippen LogP contribution in [0, 0.1) is 0 Å². The van der Waals surface area contributed by atoms with Crippen LogP contribution in [0.15, 0.2) is 40.7 Å². The summed E-state index contributed by atoms with van der Waals surface area (Å²) in [5.74, 6) is 1.58. The van der Waals surface area contributed by atoms with E-state index in [0.29, 0.717) is 23.7 Å². The van der Waals surface area contributed by atoms with Crippen LogP contribution in [0.1, 0.15) is 11.7 Å². The molecule has 0 saturated carbocycles. The van der Waals surface area contributed by atoms with Crippen molar-refractivity contribution in [2.75, 3.05) is 18.4 Å². The van der Waals surface area contributed by atoms with Crippen molar-refractivity contribution in [2.24, 2.45) is 4.99 Å². The molecule has 0 spiro atoms. The number of fused-ring (bicyclic) bond motifs is 3. The minimum absolute atomic E-state index is 0.0197. The molecule has 2 aromatic heterocycles. The van der Waals surface area contributed by atoms with Crippen LogP contribution < -0.4 is 5.32 Å². The SMILES string of the molecule is Oc1c(Cl)cc(Cl)cc1[C@@H]1Nc2cc(-c3cccs3)nn2C2=NCCN21. The van der Waals surface area contributed by atoms with Crippen LogP contribution in [0.2, 0.25) is 10.0 Å². The van der Waals surface area contributed by atoms with Gasteiger partial charge in [-0.25, -0.2) is 4.99 Å². The van der Waals surface area contributed by atoms with Crippen molar-refractivity contribution in [1.82, 2.24) is 14.7 Å². The zero-order valence-corrected chi connectivity index (χ0v) is 15.7. The van der Waals surface area contributed by atoms with Gasteiger partial charge in [-0.3, -0.25) is 0 Å². The van der Waals surface area contributed by atoms with Gasteiger partial charge in [-0.2, -0.15) is 9.78 Å². The molecule has 9 heteroatoms. The molecule has 2 aliphatic rings. The highest BCUT2D eigenvalue weighted by molar-refractivity contribution is 7.13. The zero-order valence-electron chi connectivity index (χ0n) is 13.4. The van der Waals surface area contributed by atoms with E-state index < -0.39 is 0 Å². The number of aliphatic imine (C=N–C) groups is 1. The number of phenolic OH excluding ortho intramolecular Hbond substituents is 1. The second-order valence-corrected chi connectivity index (χ2v) is 7.84. The lowest BCUT2D eigenvalue weighted by Gasteiger charge is -2.36. The average molecular weight is 406 g/mol. The van der Waals surface area contributed by atoms with Gasteiger partial charge in [0.05, 0.1) is 16.4 Å². The summed E-state index contributed by atoms with van der Waals surface area (Å²) < 4.78 is 1.81. The molecule has 1 aromatic carbocycles. The molecule has 0 radical (unpaired) electrons. The van der Waals surface area contributed by atoms with Crippen LogP contribution in [-0.2, 0) is 0 Å². The molecule has 4 heterocycles. The Hall–Kier alpha value is -2.22.